The monoisotopic (exact) mass is 234 g/mol. The van der Waals surface area contributed by atoms with Gasteiger partial charge in [-0.2, -0.15) is 0 Å². The third-order valence-electron chi connectivity index (χ3n) is 3.11. The van der Waals surface area contributed by atoms with Gasteiger partial charge in [0.25, 0.3) is 0 Å². The molecule has 92 valence electrons. The molecule has 0 aliphatic heterocycles. The van der Waals surface area contributed by atoms with E-state index in [1.807, 2.05) is 13.0 Å². The highest BCUT2D eigenvalue weighted by atomic mass is 16.4. The van der Waals surface area contributed by atoms with E-state index in [0.29, 0.717) is 24.6 Å². The molecule has 1 N–H and O–H groups in total. The lowest BCUT2D eigenvalue weighted by Gasteiger charge is -2.12. The van der Waals surface area contributed by atoms with Crippen LogP contribution in [0.4, 0.5) is 0 Å². The number of rotatable bonds is 4. The topological polar surface area (TPSA) is 63.1 Å². The Labute approximate surface area is 101 Å². The molecule has 0 aromatic carbocycles. The molecule has 2 rings (SSSR count). The predicted molar refractivity (Wildman–Crippen MR) is 63.9 cm³/mol. The third-order valence-corrected chi connectivity index (χ3v) is 3.11. The zero-order valence-electron chi connectivity index (χ0n) is 10.5. The molecule has 1 aromatic rings. The molecule has 0 atom stereocenters. The van der Waals surface area contributed by atoms with Gasteiger partial charge in [0.1, 0.15) is 11.2 Å². The molecule has 0 unspecified atom stereocenters. The van der Waals surface area contributed by atoms with Gasteiger partial charge in [0.2, 0.25) is 0 Å². The number of nitrogens with zero attached hydrogens (tertiary/aromatic N) is 2. The highest BCUT2D eigenvalue weighted by Crippen LogP contribution is 2.46. The molecule has 17 heavy (non-hydrogen) atoms. The molecule has 4 heteroatoms. The Hall–Kier alpha value is -1.45. The molecule has 0 saturated heterocycles. The molecule has 1 heterocycles. The van der Waals surface area contributed by atoms with Gasteiger partial charge < -0.3 is 5.11 Å². The lowest BCUT2D eigenvalue weighted by Crippen LogP contribution is -2.23. The van der Waals surface area contributed by atoms with Gasteiger partial charge in [-0.15, -0.1) is 0 Å². The number of hydrogen-bond donors (Lipinski definition) is 1. The van der Waals surface area contributed by atoms with Crippen molar-refractivity contribution in [2.45, 2.75) is 45.4 Å². The van der Waals surface area contributed by atoms with Crippen molar-refractivity contribution < 1.29 is 9.90 Å². The van der Waals surface area contributed by atoms with Gasteiger partial charge in [-0.3, -0.25) is 4.79 Å². The van der Waals surface area contributed by atoms with E-state index < -0.39 is 11.4 Å². The first-order valence-electron chi connectivity index (χ1n) is 6.02. The molecule has 1 saturated carbocycles. The van der Waals surface area contributed by atoms with Gasteiger partial charge in [-0.25, -0.2) is 9.97 Å². The zero-order valence-corrected chi connectivity index (χ0v) is 10.5. The molecule has 0 bridgehead atoms. The first-order chi connectivity index (χ1) is 7.94. The maximum Gasteiger partial charge on any atom is 0.317 e. The minimum atomic E-state index is -0.794. The molecular weight excluding hydrogens is 216 g/mol. The Kier molecular flexibility index (Phi) is 2.89. The number of carboxylic acids is 1. The number of aliphatic carboxylic acids is 1. The fraction of sp³-hybridized carbons (Fsp3) is 0.615. The highest BCUT2D eigenvalue weighted by Gasteiger charge is 2.54. The molecule has 4 nitrogen and oxygen atoms in total. The Morgan fingerprint density at radius 3 is 2.59 bits per heavy atom. The van der Waals surface area contributed by atoms with Crippen molar-refractivity contribution in [1.82, 2.24) is 9.97 Å². The minimum absolute atomic E-state index is 0.501. The van der Waals surface area contributed by atoms with E-state index in [1.54, 1.807) is 0 Å². The van der Waals surface area contributed by atoms with Crippen molar-refractivity contribution in [3.8, 4) is 0 Å². The van der Waals surface area contributed by atoms with Crippen LogP contribution in [-0.2, 0) is 16.6 Å². The maximum absolute atomic E-state index is 11.2. The number of aryl methyl sites for hydroxylation is 1. The molecule has 0 spiro atoms. The van der Waals surface area contributed by atoms with Gasteiger partial charge in [-0.1, -0.05) is 13.8 Å². The summed E-state index contributed by atoms with van der Waals surface area (Å²) >= 11 is 0. The van der Waals surface area contributed by atoms with Crippen molar-refractivity contribution in [1.29, 1.82) is 0 Å². The fourth-order valence-electron chi connectivity index (χ4n) is 2.03. The van der Waals surface area contributed by atoms with E-state index in [4.69, 9.17) is 0 Å². The van der Waals surface area contributed by atoms with Crippen LogP contribution in [0.5, 0.6) is 0 Å². The zero-order chi connectivity index (χ0) is 12.6. The van der Waals surface area contributed by atoms with Crippen LogP contribution in [0.25, 0.3) is 0 Å². The van der Waals surface area contributed by atoms with E-state index in [-0.39, 0.29) is 0 Å². The van der Waals surface area contributed by atoms with Crippen LogP contribution in [-0.4, -0.2) is 21.0 Å². The summed E-state index contributed by atoms with van der Waals surface area (Å²) in [6, 6.07) is 1.95. The van der Waals surface area contributed by atoms with Crippen molar-refractivity contribution in [3.63, 3.8) is 0 Å². The Morgan fingerprint density at radius 1 is 1.47 bits per heavy atom. The van der Waals surface area contributed by atoms with Gasteiger partial charge in [0.05, 0.1) is 0 Å². The smallest absolute Gasteiger partial charge is 0.317 e. The Morgan fingerprint density at radius 2 is 2.12 bits per heavy atom. The van der Waals surface area contributed by atoms with Gasteiger partial charge in [-0.05, 0) is 38.2 Å². The van der Waals surface area contributed by atoms with Crippen molar-refractivity contribution in [2.24, 2.45) is 5.92 Å². The van der Waals surface area contributed by atoms with Crippen LogP contribution in [0, 0.1) is 12.8 Å². The largest absolute Gasteiger partial charge is 0.480 e. The van der Waals surface area contributed by atoms with Crippen molar-refractivity contribution in [2.75, 3.05) is 0 Å². The summed E-state index contributed by atoms with van der Waals surface area (Å²) in [5.41, 5.74) is 1.02. The van der Waals surface area contributed by atoms with Crippen LogP contribution < -0.4 is 0 Å². The van der Waals surface area contributed by atoms with Crippen molar-refractivity contribution in [3.05, 3.63) is 23.3 Å². The fourth-order valence-corrected chi connectivity index (χ4v) is 2.03. The van der Waals surface area contributed by atoms with Crippen LogP contribution in [0.3, 0.4) is 0 Å². The molecule has 1 fully saturated rings. The van der Waals surface area contributed by atoms with E-state index in [9.17, 15) is 9.90 Å². The summed E-state index contributed by atoms with van der Waals surface area (Å²) in [5.74, 6) is 0.219. The van der Waals surface area contributed by atoms with E-state index >= 15 is 0 Å². The number of carboxylic acid groups (broad SMARTS) is 1. The van der Waals surface area contributed by atoms with Crippen LogP contribution in [0.15, 0.2) is 6.07 Å². The standard InChI is InChI=1S/C13H18N2O2/c1-8(2)6-10-7-9(3)14-11(15-10)13(4-5-13)12(16)17/h7-8H,4-6H2,1-3H3,(H,16,17). The SMILES string of the molecule is Cc1cc(CC(C)C)nc(C2(C(=O)O)CC2)n1. The Balaban J connectivity index is 2.35. The molecule has 1 aliphatic rings. The summed E-state index contributed by atoms with van der Waals surface area (Å²) in [6.07, 6.45) is 2.19. The molecule has 1 aliphatic carbocycles. The van der Waals surface area contributed by atoms with Crippen molar-refractivity contribution >= 4 is 5.97 Å². The number of aromatic nitrogens is 2. The third kappa shape index (κ3) is 2.30. The van der Waals surface area contributed by atoms with Crippen LogP contribution >= 0.6 is 0 Å². The second-order valence-electron chi connectivity index (χ2n) is 5.31. The minimum Gasteiger partial charge on any atom is -0.480 e. The lowest BCUT2D eigenvalue weighted by atomic mass is 10.0. The average molecular weight is 234 g/mol. The molecule has 0 radical (unpaired) electrons. The lowest BCUT2D eigenvalue weighted by molar-refractivity contribution is -0.140. The molecule has 0 amide bonds. The van der Waals surface area contributed by atoms with Gasteiger partial charge in [0.15, 0.2) is 0 Å². The van der Waals surface area contributed by atoms with Gasteiger partial charge in [0, 0.05) is 11.4 Å². The summed E-state index contributed by atoms with van der Waals surface area (Å²) in [5, 5.41) is 9.24. The van der Waals surface area contributed by atoms with E-state index in [1.165, 1.54) is 0 Å². The first kappa shape index (κ1) is 12.0. The number of carbonyl (C=O) groups is 1. The average Bonchev–Trinajstić information content (AvgIpc) is 2.95. The van der Waals surface area contributed by atoms with Gasteiger partial charge >= 0.3 is 5.97 Å². The summed E-state index contributed by atoms with van der Waals surface area (Å²) < 4.78 is 0. The Bertz CT molecular complexity index is 451. The highest BCUT2D eigenvalue weighted by molar-refractivity contribution is 5.83. The normalized spacial score (nSPS) is 17.2. The summed E-state index contributed by atoms with van der Waals surface area (Å²) in [4.78, 5) is 20.0. The predicted octanol–water partition coefficient (Wildman–Crippen LogP) is 2.10. The first-order valence-corrected chi connectivity index (χ1v) is 6.02. The second kappa shape index (κ2) is 4.09. The second-order valence-corrected chi connectivity index (χ2v) is 5.31. The van der Waals surface area contributed by atoms with E-state index in [0.717, 1.165) is 17.8 Å². The van der Waals surface area contributed by atoms with Crippen LogP contribution in [0.1, 0.15) is 43.9 Å². The van der Waals surface area contributed by atoms with E-state index in [2.05, 4.69) is 23.8 Å². The van der Waals surface area contributed by atoms with Crippen LogP contribution in [0.2, 0.25) is 0 Å². The molecular formula is C13H18N2O2. The summed E-state index contributed by atoms with van der Waals surface area (Å²) in [6.45, 7) is 6.15. The summed E-state index contributed by atoms with van der Waals surface area (Å²) in [7, 11) is 0. The number of hydrogen-bond acceptors (Lipinski definition) is 3. The maximum atomic E-state index is 11.2. The quantitative estimate of drug-likeness (QED) is 0.866. The molecule has 1 aromatic heterocycles.